The normalized spacial score (nSPS) is 11.9. The van der Waals surface area contributed by atoms with Crippen LogP contribution in [0.1, 0.15) is 22.7 Å². The van der Waals surface area contributed by atoms with Crippen LogP contribution in [0.15, 0.2) is 40.8 Å². The number of pyridine rings is 1. The fraction of sp³-hybridized carbons (Fsp3) is 0.250. The van der Waals surface area contributed by atoms with Crippen molar-refractivity contribution >= 4 is 11.0 Å². The highest BCUT2D eigenvalue weighted by Crippen LogP contribution is 2.37. The van der Waals surface area contributed by atoms with Gasteiger partial charge in [-0.15, -0.1) is 0 Å². The van der Waals surface area contributed by atoms with Crippen molar-refractivity contribution in [2.45, 2.75) is 26.6 Å². The Kier molecular flexibility index (Phi) is 4.52. The maximum atomic E-state index is 13.6. The molecular formula is C20H17F3N4O2. The molecule has 150 valence electrons. The van der Waals surface area contributed by atoms with Crippen molar-refractivity contribution in [3.8, 4) is 17.3 Å². The number of rotatable bonds is 4. The van der Waals surface area contributed by atoms with E-state index in [-0.39, 0.29) is 29.2 Å². The molecule has 3 heterocycles. The molecular weight excluding hydrogens is 385 g/mol. The van der Waals surface area contributed by atoms with Crippen LogP contribution in [0.4, 0.5) is 13.2 Å². The molecule has 0 saturated carbocycles. The molecule has 0 atom stereocenters. The Labute approximate surface area is 164 Å². The van der Waals surface area contributed by atoms with E-state index < -0.39 is 11.7 Å². The van der Waals surface area contributed by atoms with Gasteiger partial charge in [0.15, 0.2) is 5.65 Å². The van der Waals surface area contributed by atoms with Crippen LogP contribution in [-0.2, 0) is 19.8 Å². The first-order valence-corrected chi connectivity index (χ1v) is 8.80. The molecule has 3 aromatic heterocycles. The first-order valence-electron chi connectivity index (χ1n) is 8.80. The predicted octanol–water partition coefficient (Wildman–Crippen LogP) is 4.84. The SMILES string of the molecule is Cc1oc(-c2ccccc2)nc1COc1cc(C(F)(F)F)c2c(C)nn(C)c2n1. The molecule has 1 aromatic carbocycles. The number of aryl methyl sites for hydroxylation is 3. The fourth-order valence-corrected chi connectivity index (χ4v) is 3.13. The summed E-state index contributed by atoms with van der Waals surface area (Å²) in [6, 6.07) is 10.2. The van der Waals surface area contributed by atoms with Crippen molar-refractivity contribution in [3.63, 3.8) is 0 Å². The van der Waals surface area contributed by atoms with Gasteiger partial charge in [-0.1, -0.05) is 18.2 Å². The lowest BCUT2D eigenvalue weighted by Gasteiger charge is -2.11. The van der Waals surface area contributed by atoms with Crippen molar-refractivity contribution in [2.75, 3.05) is 0 Å². The molecule has 0 aliphatic rings. The summed E-state index contributed by atoms with van der Waals surface area (Å²) in [4.78, 5) is 8.59. The second kappa shape index (κ2) is 6.91. The number of fused-ring (bicyclic) bond motifs is 1. The molecule has 0 radical (unpaired) electrons. The van der Waals surface area contributed by atoms with E-state index in [0.29, 0.717) is 17.3 Å². The lowest BCUT2D eigenvalue weighted by Crippen LogP contribution is -2.09. The van der Waals surface area contributed by atoms with Gasteiger partial charge in [-0.25, -0.2) is 4.98 Å². The van der Waals surface area contributed by atoms with Crippen LogP contribution < -0.4 is 4.74 Å². The Hall–Kier alpha value is -3.36. The minimum atomic E-state index is -4.56. The van der Waals surface area contributed by atoms with Gasteiger partial charge in [-0.05, 0) is 26.0 Å². The quantitative estimate of drug-likeness (QED) is 0.489. The monoisotopic (exact) mass is 402 g/mol. The lowest BCUT2D eigenvalue weighted by atomic mass is 10.1. The summed E-state index contributed by atoms with van der Waals surface area (Å²) in [5, 5.41) is 4.01. The lowest BCUT2D eigenvalue weighted by molar-refractivity contribution is -0.136. The maximum absolute atomic E-state index is 13.6. The van der Waals surface area contributed by atoms with Crippen LogP contribution in [0.3, 0.4) is 0 Å². The summed E-state index contributed by atoms with van der Waals surface area (Å²) in [7, 11) is 1.54. The average molecular weight is 402 g/mol. The van der Waals surface area contributed by atoms with Crippen LogP contribution in [0, 0.1) is 13.8 Å². The summed E-state index contributed by atoms with van der Waals surface area (Å²) in [5.74, 6) is 0.789. The highest BCUT2D eigenvalue weighted by Gasteiger charge is 2.35. The maximum Gasteiger partial charge on any atom is 0.417 e. The molecule has 6 nitrogen and oxygen atoms in total. The summed E-state index contributed by atoms with van der Waals surface area (Å²) >= 11 is 0. The number of ether oxygens (including phenoxy) is 1. The zero-order valence-corrected chi connectivity index (χ0v) is 15.9. The van der Waals surface area contributed by atoms with E-state index in [2.05, 4.69) is 15.1 Å². The van der Waals surface area contributed by atoms with E-state index in [0.717, 1.165) is 11.6 Å². The predicted molar refractivity (Wildman–Crippen MR) is 99.3 cm³/mol. The molecule has 0 fully saturated rings. The highest BCUT2D eigenvalue weighted by atomic mass is 19.4. The van der Waals surface area contributed by atoms with Gasteiger partial charge >= 0.3 is 6.18 Å². The summed E-state index contributed by atoms with van der Waals surface area (Å²) < 4.78 is 53.2. The third-order valence-electron chi connectivity index (χ3n) is 4.52. The zero-order chi connectivity index (χ0) is 20.8. The number of nitrogens with zero attached hydrogens (tertiary/aromatic N) is 4. The minimum absolute atomic E-state index is 0.0312. The number of hydrogen-bond acceptors (Lipinski definition) is 5. The number of aromatic nitrogens is 4. The van der Waals surface area contributed by atoms with Crippen LogP contribution >= 0.6 is 0 Å². The topological polar surface area (TPSA) is 66.0 Å². The number of alkyl halides is 3. The molecule has 9 heteroatoms. The van der Waals surface area contributed by atoms with Gasteiger partial charge in [0.1, 0.15) is 18.1 Å². The Morgan fingerprint density at radius 2 is 1.83 bits per heavy atom. The van der Waals surface area contributed by atoms with E-state index in [1.54, 1.807) is 14.0 Å². The molecule has 0 amide bonds. The number of oxazole rings is 1. The van der Waals surface area contributed by atoms with Crippen LogP contribution in [0.2, 0.25) is 0 Å². The molecule has 29 heavy (non-hydrogen) atoms. The van der Waals surface area contributed by atoms with Gasteiger partial charge < -0.3 is 9.15 Å². The molecule has 4 rings (SSSR count). The van der Waals surface area contributed by atoms with Crippen LogP contribution in [-0.4, -0.2) is 19.7 Å². The number of benzene rings is 1. The molecule has 0 aliphatic carbocycles. The van der Waals surface area contributed by atoms with Crippen molar-refractivity contribution in [2.24, 2.45) is 7.05 Å². The summed E-state index contributed by atoms with van der Waals surface area (Å²) in [6.45, 7) is 3.17. The number of hydrogen-bond donors (Lipinski definition) is 0. The second-order valence-electron chi connectivity index (χ2n) is 6.59. The van der Waals surface area contributed by atoms with Gasteiger partial charge in [-0.2, -0.15) is 23.3 Å². The van der Waals surface area contributed by atoms with Crippen molar-refractivity contribution < 1.29 is 22.3 Å². The van der Waals surface area contributed by atoms with Gasteiger partial charge in [0.25, 0.3) is 0 Å². The van der Waals surface area contributed by atoms with Gasteiger partial charge in [0, 0.05) is 18.7 Å². The third kappa shape index (κ3) is 3.55. The standard InChI is InChI=1S/C20H17F3N4O2/c1-11-17-14(20(21,22)23)9-16(25-18(17)27(3)26-11)28-10-15-12(2)29-19(24-15)13-7-5-4-6-8-13/h4-9H,10H2,1-3H3. The van der Waals surface area contributed by atoms with Gasteiger partial charge in [-0.3, -0.25) is 4.68 Å². The fourth-order valence-electron chi connectivity index (χ4n) is 3.13. The Bertz CT molecular complexity index is 1180. The largest absolute Gasteiger partial charge is 0.471 e. The zero-order valence-electron chi connectivity index (χ0n) is 15.9. The van der Waals surface area contributed by atoms with Crippen molar-refractivity contribution in [1.29, 1.82) is 0 Å². The smallest absolute Gasteiger partial charge is 0.417 e. The minimum Gasteiger partial charge on any atom is -0.471 e. The molecule has 0 saturated heterocycles. The van der Waals surface area contributed by atoms with Crippen molar-refractivity contribution in [3.05, 3.63) is 59.1 Å². The van der Waals surface area contributed by atoms with Crippen molar-refractivity contribution in [1.82, 2.24) is 19.7 Å². The van der Waals surface area contributed by atoms with E-state index in [1.165, 1.54) is 11.6 Å². The average Bonchev–Trinajstić information content (AvgIpc) is 3.19. The summed E-state index contributed by atoms with van der Waals surface area (Å²) in [5.41, 5.74) is 0.819. The second-order valence-corrected chi connectivity index (χ2v) is 6.59. The molecule has 0 spiro atoms. The first-order chi connectivity index (χ1) is 13.7. The van der Waals surface area contributed by atoms with E-state index in [4.69, 9.17) is 9.15 Å². The molecule has 0 bridgehead atoms. The molecule has 0 unspecified atom stereocenters. The van der Waals surface area contributed by atoms with Gasteiger partial charge in [0.05, 0.1) is 16.6 Å². The molecule has 4 aromatic rings. The van der Waals surface area contributed by atoms with Gasteiger partial charge in [0.2, 0.25) is 11.8 Å². The Morgan fingerprint density at radius 3 is 2.52 bits per heavy atom. The molecule has 0 aliphatic heterocycles. The first kappa shape index (κ1) is 19.0. The third-order valence-corrected chi connectivity index (χ3v) is 4.52. The Balaban J connectivity index is 1.66. The summed E-state index contributed by atoms with van der Waals surface area (Å²) in [6.07, 6.45) is -4.56. The molecule has 0 N–H and O–H groups in total. The highest BCUT2D eigenvalue weighted by molar-refractivity contribution is 5.83. The Morgan fingerprint density at radius 1 is 1.10 bits per heavy atom. The van der Waals surface area contributed by atoms with E-state index in [1.807, 2.05) is 30.3 Å². The van der Waals surface area contributed by atoms with E-state index >= 15 is 0 Å². The van der Waals surface area contributed by atoms with E-state index in [9.17, 15) is 13.2 Å². The van der Waals surface area contributed by atoms with Crippen LogP contribution in [0.5, 0.6) is 5.88 Å². The van der Waals surface area contributed by atoms with Crippen LogP contribution in [0.25, 0.3) is 22.5 Å². The number of halogens is 3.